The van der Waals surface area contributed by atoms with Crippen molar-refractivity contribution in [1.82, 2.24) is 30.2 Å². The fraction of sp³-hybridized carbons (Fsp3) is 0.261. The number of rotatable bonds is 4. The average molecular weight is 487 g/mol. The van der Waals surface area contributed by atoms with Gasteiger partial charge in [-0.3, -0.25) is 9.67 Å². The third-order valence-electron chi connectivity index (χ3n) is 4.92. The molecule has 2 N–H and O–H groups in total. The van der Waals surface area contributed by atoms with Gasteiger partial charge < -0.3 is 15.2 Å². The Bertz CT molecular complexity index is 1260. The fourth-order valence-corrected chi connectivity index (χ4v) is 3.04. The van der Waals surface area contributed by atoms with E-state index >= 15 is 0 Å². The molecule has 0 radical (unpaired) electrons. The molecule has 0 spiro atoms. The summed E-state index contributed by atoms with van der Waals surface area (Å²) in [6.45, 7) is 3.69. The van der Waals surface area contributed by atoms with Crippen LogP contribution in [-0.2, 0) is 19.6 Å². The van der Waals surface area contributed by atoms with E-state index in [0.29, 0.717) is 23.1 Å². The third-order valence-corrected chi connectivity index (χ3v) is 4.92. The monoisotopic (exact) mass is 487 g/mol. The van der Waals surface area contributed by atoms with E-state index in [-0.39, 0.29) is 6.03 Å². The molecule has 4 aromatic rings. The van der Waals surface area contributed by atoms with Crippen LogP contribution in [0.15, 0.2) is 53.3 Å². The molecule has 9 nitrogen and oxygen atoms in total. The summed E-state index contributed by atoms with van der Waals surface area (Å²) in [5.74, 6) is 0.935. The molecule has 3 aromatic heterocycles. The molecule has 0 fully saturated rings. The Hall–Kier alpha value is -4.22. The molecule has 1 aromatic carbocycles. The lowest BCUT2D eigenvalue weighted by atomic mass is 10.2. The number of urea groups is 1. The van der Waals surface area contributed by atoms with Crippen LogP contribution < -0.4 is 10.6 Å². The van der Waals surface area contributed by atoms with Crippen molar-refractivity contribution in [2.24, 2.45) is 7.05 Å². The molecular weight excluding hydrogens is 463 g/mol. The molecule has 0 saturated carbocycles. The largest absolute Gasteiger partial charge is 0.417 e. The number of aryl methyl sites for hydroxylation is 2. The molecule has 184 valence electrons. The number of anilines is 1. The summed E-state index contributed by atoms with van der Waals surface area (Å²) in [6, 6.07) is 9.29. The highest BCUT2D eigenvalue weighted by Gasteiger charge is 2.30. The SMILES string of the molecule is CCc1c(-c2nc(-c3ccc(NC(=O)NC)cc3)no2)cnn1C.Cc1ccc(C(F)(F)F)cn1. The summed E-state index contributed by atoms with van der Waals surface area (Å²) >= 11 is 0. The number of carbonyl (C=O) groups is 1. The van der Waals surface area contributed by atoms with Crippen molar-refractivity contribution in [2.75, 3.05) is 12.4 Å². The Labute approximate surface area is 199 Å². The zero-order chi connectivity index (χ0) is 25.6. The van der Waals surface area contributed by atoms with Crippen molar-refractivity contribution in [3.05, 3.63) is 65.7 Å². The lowest BCUT2D eigenvalue weighted by Gasteiger charge is -2.04. The van der Waals surface area contributed by atoms with Gasteiger partial charge in [-0.1, -0.05) is 12.1 Å². The van der Waals surface area contributed by atoms with E-state index in [0.717, 1.165) is 35.5 Å². The van der Waals surface area contributed by atoms with Crippen LogP contribution in [0.4, 0.5) is 23.7 Å². The summed E-state index contributed by atoms with van der Waals surface area (Å²) in [5, 5.41) is 13.5. The first-order valence-corrected chi connectivity index (χ1v) is 10.6. The van der Waals surface area contributed by atoms with Crippen molar-refractivity contribution in [1.29, 1.82) is 0 Å². The van der Waals surface area contributed by atoms with Crippen LogP contribution in [0.2, 0.25) is 0 Å². The van der Waals surface area contributed by atoms with Crippen LogP contribution in [0.25, 0.3) is 22.8 Å². The standard InChI is InChI=1S/C16H18N6O2.C7H6F3N/c1-4-13-12(9-18-22(13)3)15-20-14(21-24-15)10-5-7-11(8-6-10)19-16(23)17-2;1-5-2-3-6(4-11-5)7(8,9)10/h5-9H,4H2,1-3H3,(H2,17,19,23);2-4H,1H3. The maximum absolute atomic E-state index is 11.9. The summed E-state index contributed by atoms with van der Waals surface area (Å²) in [5.41, 5.74) is 3.24. The molecule has 0 aliphatic carbocycles. The second-order valence-electron chi connectivity index (χ2n) is 7.37. The van der Waals surface area contributed by atoms with Gasteiger partial charge in [-0.25, -0.2) is 4.79 Å². The average Bonchev–Trinajstić information content (AvgIpc) is 3.46. The van der Waals surface area contributed by atoms with E-state index in [1.165, 1.54) is 6.07 Å². The van der Waals surface area contributed by atoms with Gasteiger partial charge in [-0.05, 0) is 49.7 Å². The van der Waals surface area contributed by atoms with Gasteiger partial charge >= 0.3 is 12.2 Å². The normalized spacial score (nSPS) is 10.9. The Balaban J connectivity index is 0.000000261. The molecule has 0 saturated heterocycles. The van der Waals surface area contributed by atoms with Crippen LogP contribution >= 0.6 is 0 Å². The van der Waals surface area contributed by atoms with E-state index in [1.54, 1.807) is 37.0 Å². The van der Waals surface area contributed by atoms with Crippen molar-refractivity contribution < 1.29 is 22.5 Å². The predicted molar refractivity (Wildman–Crippen MR) is 123 cm³/mol. The minimum absolute atomic E-state index is 0.270. The van der Waals surface area contributed by atoms with Gasteiger partial charge in [0.15, 0.2) is 0 Å². The minimum atomic E-state index is -4.28. The van der Waals surface area contributed by atoms with Gasteiger partial charge in [0.1, 0.15) is 0 Å². The molecule has 4 rings (SSSR count). The van der Waals surface area contributed by atoms with E-state index in [2.05, 4.69) is 37.8 Å². The van der Waals surface area contributed by atoms with E-state index in [1.807, 2.05) is 19.2 Å². The molecule has 0 atom stereocenters. The summed E-state index contributed by atoms with van der Waals surface area (Å²) in [4.78, 5) is 19.3. The van der Waals surface area contributed by atoms with E-state index in [4.69, 9.17) is 4.52 Å². The van der Waals surface area contributed by atoms with Gasteiger partial charge in [0.25, 0.3) is 5.89 Å². The van der Waals surface area contributed by atoms with Crippen LogP contribution in [0, 0.1) is 6.92 Å². The van der Waals surface area contributed by atoms with Crippen molar-refractivity contribution in [2.45, 2.75) is 26.4 Å². The highest BCUT2D eigenvalue weighted by atomic mass is 19.4. The second-order valence-corrected chi connectivity index (χ2v) is 7.37. The molecule has 0 aliphatic rings. The zero-order valence-electron chi connectivity index (χ0n) is 19.5. The van der Waals surface area contributed by atoms with Gasteiger partial charge in [0.05, 0.1) is 23.0 Å². The smallest absolute Gasteiger partial charge is 0.341 e. The molecule has 35 heavy (non-hydrogen) atoms. The number of hydrogen-bond acceptors (Lipinski definition) is 6. The number of aromatic nitrogens is 5. The van der Waals surface area contributed by atoms with E-state index in [9.17, 15) is 18.0 Å². The Kier molecular flexibility index (Phi) is 7.84. The quantitative estimate of drug-likeness (QED) is 0.425. The zero-order valence-corrected chi connectivity index (χ0v) is 19.5. The molecule has 3 heterocycles. The second kappa shape index (κ2) is 10.8. The lowest BCUT2D eigenvalue weighted by molar-refractivity contribution is -0.137. The molecule has 0 aliphatic heterocycles. The first kappa shape index (κ1) is 25.4. The van der Waals surface area contributed by atoms with Gasteiger partial charge in [0.2, 0.25) is 5.82 Å². The molecule has 12 heteroatoms. The Morgan fingerprint density at radius 1 is 1.11 bits per heavy atom. The number of nitrogens with one attached hydrogen (secondary N) is 2. The van der Waals surface area contributed by atoms with Gasteiger partial charge in [0, 0.05) is 37.2 Å². The third kappa shape index (κ3) is 6.43. The van der Waals surface area contributed by atoms with Crippen LogP contribution in [0.5, 0.6) is 0 Å². The van der Waals surface area contributed by atoms with Crippen molar-refractivity contribution >= 4 is 11.7 Å². The first-order chi connectivity index (χ1) is 16.6. The van der Waals surface area contributed by atoms with E-state index < -0.39 is 11.7 Å². The highest BCUT2D eigenvalue weighted by molar-refractivity contribution is 5.89. The topological polar surface area (TPSA) is 111 Å². The number of pyridine rings is 1. The van der Waals surface area contributed by atoms with Crippen LogP contribution in [-0.4, -0.2) is 38.0 Å². The Morgan fingerprint density at radius 3 is 2.40 bits per heavy atom. The number of alkyl halides is 3. The molecule has 2 amide bonds. The fourth-order valence-electron chi connectivity index (χ4n) is 3.04. The van der Waals surface area contributed by atoms with Crippen molar-refractivity contribution in [3.63, 3.8) is 0 Å². The lowest BCUT2D eigenvalue weighted by Crippen LogP contribution is -2.24. The van der Waals surface area contributed by atoms with Crippen LogP contribution in [0.1, 0.15) is 23.9 Å². The molecule has 0 unspecified atom stereocenters. The van der Waals surface area contributed by atoms with Gasteiger partial charge in [-0.15, -0.1) is 0 Å². The van der Waals surface area contributed by atoms with Gasteiger partial charge in [-0.2, -0.15) is 23.3 Å². The predicted octanol–water partition coefficient (Wildman–Crippen LogP) is 4.86. The van der Waals surface area contributed by atoms with Crippen molar-refractivity contribution in [3.8, 4) is 22.8 Å². The minimum Gasteiger partial charge on any atom is -0.341 e. The molecular formula is C23H24F3N7O2. The number of benzene rings is 1. The maximum atomic E-state index is 11.9. The molecule has 0 bridgehead atoms. The Morgan fingerprint density at radius 2 is 1.83 bits per heavy atom. The first-order valence-electron chi connectivity index (χ1n) is 10.6. The van der Waals surface area contributed by atoms with Crippen LogP contribution in [0.3, 0.4) is 0 Å². The number of amides is 2. The number of carbonyl (C=O) groups excluding carboxylic acids is 1. The number of hydrogen-bond donors (Lipinski definition) is 2. The summed E-state index contributed by atoms with van der Waals surface area (Å²) in [7, 11) is 3.45. The summed E-state index contributed by atoms with van der Waals surface area (Å²) < 4.78 is 42.8. The number of nitrogens with zero attached hydrogens (tertiary/aromatic N) is 5. The maximum Gasteiger partial charge on any atom is 0.417 e. The highest BCUT2D eigenvalue weighted by Crippen LogP contribution is 2.28. The summed E-state index contributed by atoms with van der Waals surface area (Å²) in [6.07, 6.45) is -0.897. The number of halogens is 3.